The molecule has 3 nitrogen and oxygen atoms in total. The Labute approximate surface area is 133 Å². The molecule has 0 aromatic heterocycles. The average Bonchev–Trinajstić information content (AvgIpc) is 2.55. The molecule has 0 aliphatic heterocycles. The summed E-state index contributed by atoms with van der Waals surface area (Å²) in [7, 11) is 0. The number of carbonyl (C=O) groups is 1. The number of rotatable bonds is 4. The smallest absolute Gasteiger partial charge is 0.250 e. The van der Waals surface area contributed by atoms with Crippen LogP contribution in [-0.4, -0.2) is 5.91 Å². The Morgan fingerprint density at radius 2 is 1.74 bits per heavy atom. The van der Waals surface area contributed by atoms with Gasteiger partial charge in [0, 0.05) is 0 Å². The molecule has 0 heterocycles. The topological polar surface area (TPSA) is 55.1 Å². The van der Waals surface area contributed by atoms with Gasteiger partial charge in [0.2, 0.25) is 0 Å². The summed E-state index contributed by atoms with van der Waals surface area (Å²) in [5.41, 5.74) is 5.06. The van der Waals surface area contributed by atoms with Crippen molar-refractivity contribution >= 4 is 17.3 Å². The van der Waals surface area contributed by atoms with Gasteiger partial charge in [0.25, 0.3) is 5.91 Å². The Balaban J connectivity index is 0.00000127. The number of anilines is 2. The van der Waals surface area contributed by atoms with E-state index in [1.165, 1.54) is 12.1 Å². The van der Waals surface area contributed by atoms with Gasteiger partial charge in [-0.25, -0.2) is 13.2 Å². The molecule has 0 spiro atoms. The largest absolute Gasteiger partial charge is 0.366 e. The molecule has 0 aliphatic rings. The Bertz CT molecular complexity index is 702. The van der Waals surface area contributed by atoms with Gasteiger partial charge < -0.3 is 11.1 Å². The fraction of sp³-hybridized carbons (Fsp3) is 0.235. The van der Waals surface area contributed by atoms with Crippen LogP contribution in [0.1, 0.15) is 36.7 Å². The lowest BCUT2D eigenvalue weighted by Gasteiger charge is -2.13. The van der Waals surface area contributed by atoms with E-state index in [1.54, 1.807) is 6.07 Å². The van der Waals surface area contributed by atoms with E-state index in [0.29, 0.717) is 6.42 Å². The van der Waals surface area contributed by atoms with Crippen molar-refractivity contribution in [3.8, 4) is 0 Å². The lowest BCUT2D eigenvalue weighted by atomic mass is 10.1. The number of aryl methyl sites for hydroxylation is 1. The molecule has 0 unspecified atom stereocenters. The van der Waals surface area contributed by atoms with Gasteiger partial charge in [-0.2, -0.15) is 0 Å². The first-order valence-electron chi connectivity index (χ1n) is 7.27. The first-order valence-corrected chi connectivity index (χ1v) is 7.27. The van der Waals surface area contributed by atoms with Gasteiger partial charge in [-0.05, 0) is 36.2 Å². The summed E-state index contributed by atoms with van der Waals surface area (Å²) in [5.74, 6) is -4.02. The highest BCUT2D eigenvalue weighted by Gasteiger charge is 2.18. The number of halogens is 3. The second kappa shape index (κ2) is 8.22. The molecule has 0 saturated carbocycles. The molecule has 0 fully saturated rings. The molecule has 23 heavy (non-hydrogen) atoms. The Hall–Kier alpha value is -2.50. The van der Waals surface area contributed by atoms with Crippen LogP contribution < -0.4 is 11.1 Å². The first kappa shape index (κ1) is 18.5. The highest BCUT2D eigenvalue weighted by Crippen LogP contribution is 2.28. The molecule has 124 valence electrons. The van der Waals surface area contributed by atoms with E-state index in [4.69, 9.17) is 5.73 Å². The second-order valence-electron chi connectivity index (χ2n) is 4.44. The minimum absolute atomic E-state index is 0.0702. The Morgan fingerprint density at radius 1 is 1.09 bits per heavy atom. The van der Waals surface area contributed by atoms with Crippen LogP contribution in [0.15, 0.2) is 30.3 Å². The fourth-order valence-corrected chi connectivity index (χ4v) is 1.89. The van der Waals surface area contributed by atoms with Crippen molar-refractivity contribution in [2.24, 2.45) is 5.73 Å². The SMILES string of the molecule is CC.CCc1ccc(Nc2c(C(N)=O)ccc(F)c2F)c(F)c1. The van der Waals surface area contributed by atoms with Crippen LogP contribution in [0.25, 0.3) is 0 Å². The van der Waals surface area contributed by atoms with E-state index < -0.39 is 29.0 Å². The molecule has 0 aliphatic carbocycles. The predicted octanol–water partition coefficient (Wildman–Crippen LogP) is 4.54. The van der Waals surface area contributed by atoms with Crippen molar-refractivity contribution in [3.63, 3.8) is 0 Å². The summed E-state index contributed by atoms with van der Waals surface area (Å²) in [4.78, 5) is 11.3. The van der Waals surface area contributed by atoms with Gasteiger partial charge >= 0.3 is 0 Å². The molecular weight excluding hydrogens is 305 g/mol. The maximum Gasteiger partial charge on any atom is 0.250 e. The number of benzene rings is 2. The van der Waals surface area contributed by atoms with Crippen LogP contribution >= 0.6 is 0 Å². The quantitative estimate of drug-likeness (QED) is 0.868. The molecule has 0 bridgehead atoms. The zero-order valence-corrected chi connectivity index (χ0v) is 13.2. The predicted molar refractivity (Wildman–Crippen MR) is 85.3 cm³/mol. The number of amides is 1. The van der Waals surface area contributed by atoms with Crippen molar-refractivity contribution in [2.45, 2.75) is 27.2 Å². The summed E-state index contributed by atoms with van der Waals surface area (Å²) in [6, 6.07) is 6.15. The van der Waals surface area contributed by atoms with Gasteiger partial charge in [-0.3, -0.25) is 4.79 Å². The highest BCUT2D eigenvalue weighted by atomic mass is 19.2. The molecule has 0 radical (unpaired) electrons. The maximum atomic E-state index is 13.9. The molecule has 2 aromatic carbocycles. The van der Waals surface area contributed by atoms with E-state index in [2.05, 4.69) is 5.32 Å². The summed E-state index contributed by atoms with van der Waals surface area (Å²) in [5, 5.41) is 2.39. The number of primary amides is 1. The van der Waals surface area contributed by atoms with Crippen molar-refractivity contribution < 1.29 is 18.0 Å². The van der Waals surface area contributed by atoms with Crippen LogP contribution in [0.5, 0.6) is 0 Å². The van der Waals surface area contributed by atoms with E-state index >= 15 is 0 Å². The second-order valence-corrected chi connectivity index (χ2v) is 4.44. The molecule has 0 atom stereocenters. The van der Waals surface area contributed by atoms with Gasteiger partial charge in [0.05, 0.1) is 16.9 Å². The third kappa shape index (κ3) is 4.25. The summed E-state index contributed by atoms with van der Waals surface area (Å²) in [6.45, 7) is 5.86. The number of hydrogen-bond donors (Lipinski definition) is 2. The molecule has 1 amide bonds. The molecule has 0 saturated heterocycles. The maximum absolute atomic E-state index is 13.9. The number of hydrogen-bond acceptors (Lipinski definition) is 2. The van der Waals surface area contributed by atoms with Crippen LogP contribution in [0.4, 0.5) is 24.5 Å². The fourth-order valence-electron chi connectivity index (χ4n) is 1.89. The van der Waals surface area contributed by atoms with Crippen molar-refractivity contribution in [1.29, 1.82) is 0 Å². The van der Waals surface area contributed by atoms with Crippen LogP contribution in [0.3, 0.4) is 0 Å². The monoisotopic (exact) mass is 324 g/mol. The molecule has 2 rings (SSSR count). The van der Waals surface area contributed by atoms with Crippen LogP contribution in [-0.2, 0) is 6.42 Å². The first-order chi connectivity index (χ1) is 10.9. The van der Waals surface area contributed by atoms with Crippen molar-refractivity contribution in [2.75, 3.05) is 5.32 Å². The van der Waals surface area contributed by atoms with Gasteiger partial charge in [0.1, 0.15) is 5.82 Å². The van der Waals surface area contributed by atoms with E-state index in [0.717, 1.165) is 17.7 Å². The minimum atomic E-state index is -1.29. The molecule has 2 aromatic rings. The standard InChI is InChI=1S/C15H13F3N2O.C2H6/c1-2-8-3-6-12(11(17)7-8)20-14-9(15(19)21)4-5-10(16)13(14)18;1-2/h3-7,20H,2H2,1H3,(H2,19,21);1-2H3. The van der Waals surface area contributed by atoms with Gasteiger partial charge in [0.15, 0.2) is 11.6 Å². The van der Waals surface area contributed by atoms with Crippen molar-refractivity contribution in [3.05, 3.63) is 58.9 Å². The Morgan fingerprint density at radius 3 is 2.26 bits per heavy atom. The third-order valence-corrected chi connectivity index (χ3v) is 3.06. The number of carbonyl (C=O) groups excluding carboxylic acids is 1. The lowest BCUT2D eigenvalue weighted by molar-refractivity contribution is 0.100. The lowest BCUT2D eigenvalue weighted by Crippen LogP contribution is -2.15. The zero-order valence-electron chi connectivity index (χ0n) is 13.2. The summed E-state index contributed by atoms with van der Waals surface area (Å²) < 4.78 is 41.0. The molecule has 6 heteroatoms. The van der Waals surface area contributed by atoms with Crippen LogP contribution in [0, 0.1) is 17.5 Å². The highest BCUT2D eigenvalue weighted by molar-refractivity contribution is 5.99. The summed E-state index contributed by atoms with van der Waals surface area (Å²) in [6.07, 6.45) is 0.637. The average molecular weight is 324 g/mol. The van der Waals surface area contributed by atoms with E-state index in [1.807, 2.05) is 20.8 Å². The van der Waals surface area contributed by atoms with Gasteiger partial charge in [-0.15, -0.1) is 0 Å². The Kier molecular flexibility index (Phi) is 6.63. The molecule has 3 N–H and O–H groups in total. The minimum Gasteiger partial charge on any atom is -0.366 e. The van der Waals surface area contributed by atoms with E-state index in [-0.39, 0.29) is 11.3 Å². The normalized spacial score (nSPS) is 9.83. The summed E-state index contributed by atoms with van der Waals surface area (Å²) >= 11 is 0. The van der Waals surface area contributed by atoms with E-state index in [9.17, 15) is 18.0 Å². The third-order valence-electron chi connectivity index (χ3n) is 3.06. The number of nitrogens with one attached hydrogen (secondary N) is 1. The number of nitrogens with two attached hydrogens (primary N) is 1. The molecular formula is C17H19F3N2O. The van der Waals surface area contributed by atoms with Gasteiger partial charge in [-0.1, -0.05) is 26.8 Å². The zero-order chi connectivity index (χ0) is 17.6. The van der Waals surface area contributed by atoms with Crippen LogP contribution in [0.2, 0.25) is 0 Å². The van der Waals surface area contributed by atoms with Crippen molar-refractivity contribution in [1.82, 2.24) is 0 Å².